The van der Waals surface area contributed by atoms with Gasteiger partial charge in [0.15, 0.2) is 11.4 Å². The minimum absolute atomic E-state index is 0.193. The molecule has 1 aliphatic rings. The number of anilines is 1. The molecule has 0 saturated heterocycles. The van der Waals surface area contributed by atoms with Gasteiger partial charge < -0.3 is 9.87 Å². The highest BCUT2D eigenvalue weighted by Gasteiger charge is 2.46. The summed E-state index contributed by atoms with van der Waals surface area (Å²) in [4.78, 5) is 4.31. The second-order valence-electron chi connectivity index (χ2n) is 7.45. The van der Waals surface area contributed by atoms with Crippen LogP contribution in [0.15, 0.2) is 41.9 Å². The van der Waals surface area contributed by atoms with E-state index in [9.17, 15) is 30.9 Å². The molecule has 0 fully saturated rings. The molecule has 2 N–H and O–H groups in total. The van der Waals surface area contributed by atoms with Crippen LogP contribution >= 0.6 is 11.8 Å². The van der Waals surface area contributed by atoms with Crippen molar-refractivity contribution in [3.05, 3.63) is 64.3 Å². The van der Waals surface area contributed by atoms with Gasteiger partial charge in [0.25, 0.3) is 0 Å². The summed E-state index contributed by atoms with van der Waals surface area (Å²) in [5, 5.41) is 4.24. The second-order valence-corrected chi connectivity index (χ2v) is 9.63. The SMILES string of the molecule is CC(C)Cc1cc(C2NC(c3ccc(N[S+]([O-])C(F)(F)F)cc3C(F)(F)F)=CS2)ccn1. The van der Waals surface area contributed by atoms with E-state index in [0.29, 0.717) is 12.0 Å². The summed E-state index contributed by atoms with van der Waals surface area (Å²) in [5.74, 6) is 0.392. The third-order valence-electron chi connectivity index (χ3n) is 4.41. The zero-order valence-electron chi connectivity index (χ0n) is 16.8. The Morgan fingerprint density at radius 1 is 1.16 bits per heavy atom. The summed E-state index contributed by atoms with van der Waals surface area (Å²) < 4.78 is 91.2. The van der Waals surface area contributed by atoms with Crippen molar-refractivity contribution in [3.63, 3.8) is 0 Å². The molecule has 0 bridgehead atoms. The van der Waals surface area contributed by atoms with E-state index in [-0.39, 0.29) is 16.6 Å². The maximum absolute atomic E-state index is 13.7. The smallest absolute Gasteiger partial charge is 0.586 e. The largest absolute Gasteiger partial charge is 0.598 e. The predicted octanol–water partition coefficient (Wildman–Crippen LogP) is 6.23. The number of nitrogens with one attached hydrogen (secondary N) is 2. The van der Waals surface area contributed by atoms with Crippen molar-refractivity contribution in [2.75, 3.05) is 4.72 Å². The molecule has 0 aliphatic carbocycles. The summed E-state index contributed by atoms with van der Waals surface area (Å²) >= 11 is -2.24. The van der Waals surface area contributed by atoms with Crippen LogP contribution in [-0.2, 0) is 24.0 Å². The monoisotopic (exact) mass is 495 g/mol. The van der Waals surface area contributed by atoms with Crippen molar-refractivity contribution in [3.8, 4) is 0 Å². The number of benzene rings is 1. The minimum atomic E-state index is -5.10. The molecule has 1 aliphatic heterocycles. The number of aromatic nitrogens is 1. The molecule has 3 rings (SSSR count). The Labute approximate surface area is 188 Å². The summed E-state index contributed by atoms with van der Waals surface area (Å²) in [7, 11) is 0. The van der Waals surface area contributed by atoms with E-state index >= 15 is 0 Å². The van der Waals surface area contributed by atoms with Crippen molar-refractivity contribution < 1.29 is 30.9 Å². The molecule has 12 heteroatoms. The van der Waals surface area contributed by atoms with Gasteiger partial charge in [-0.25, -0.2) is 4.72 Å². The van der Waals surface area contributed by atoms with Gasteiger partial charge in [-0.2, -0.15) is 13.2 Å². The second kappa shape index (κ2) is 9.44. The molecule has 0 amide bonds. The van der Waals surface area contributed by atoms with Crippen molar-refractivity contribution in [1.82, 2.24) is 10.3 Å². The fraction of sp³-hybridized carbons (Fsp3) is 0.350. The molecular weight excluding hydrogens is 476 g/mol. The number of alkyl halides is 6. The average Bonchev–Trinajstić information content (AvgIpc) is 3.16. The third kappa shape index (κ3) is 6.04. The summed E-state index contributed by atoms with van der Waals surface area (Å²) in [6.07, 6.45) is -2.42. The number of nitrogens with zero attached hydrogens (tertiary/aromatic N) is 1. The van der Waals surface area contributed by atoms with E-state index in [1.165, 1.54) is 11.8 Å². The maximum Gasteiger partial charge on any atom is 0.598 e. The van der Waals surface area contributed by atoms with Crippen LogP contribution in [0, 0.1) is 5.92 Å². The molecule has 2 unspecified atom stereocenters. The van der Waals surface area contributed by atoms with E-state index in [4.69, 9.17) is 0 Å². The molecule has 2 atom stereocenters. The molecule has 4 nitrogen and oxygen atoms in total. The lowest BCUT2D eigenvalue weighted by molar-refractivity contribution is -0.137. The Bertz CT molecular complexity index is 994. The summed E-state index contributed by atoms with van der Waals surface area (Å²) in [6, 6.07) is 6.27. The Balaban J connectivity index is 1.84. The third-order valence-corrected chi connectivity index (χ3v) is 6.28. The average molecular weight is 496 g/mol. The molecule has 0 saturated carbocycles. The van der Waals surface area contributed by atoms with Gasteiger partial charge in [-0.05, 0) is 47.6 Å². The Morgan fingerprint density at radius 3 is 2.50 bits per heavy atom. The summed E-state index contributed by atoms with van der Waals surface area (Å²) in [5.41, 5.74) is -5.10. The first-order valence-electron chi connectivity index (χ1n) is 9.38. The first-order chi connectivity index (χ1) is 14.8. The van der Waals surface area contributed by atoms with Gasteiger partial charge >= 0.3 is 11.7 Å². The number of hydrogen-bond acceptors (Lipinski definition) is 5. The van der Waals surface area contributed by atoms with Gasteiger partial charge in [0.1, 0.15) is 5.37 Å². The van der Waals surface area contributed by atoms with Crippen molar-refractivity contribution >= 4 is 34.5 Å². The molecular formula is C20H19F6N3OS2. The fourth-order valence-electron chi connectivity index (χ4n) is 3.08. The molecule has 0 radical (unpaired) electrons. The van der Waals surface area contributed by atoms with Crippen LogP contribution in [0.5, 0.6) is 0 Å². The topological polar surface area (TPSA) is 60.0 Å². The zero-order valence-corrected chi connectivity index (χ0v) is 18.5. The van der Waals surface area contributed by atoms with E-state index in [1.54, 1.807) is 22.4 Å². The number of rotatable bonds is 6. The Hall–Kier alpha value is -2.05. The molecule has 2 heterocycles. The molecule has 1 aromatic carbocycles. The standard InChI is InChI=1S/C20H19F6N3OS2/c1-11(2)7-14-8-12(5-6-27-14)18-28-17(10-31-18)15-4-3-13(9-16(15)19(21,22)23)29-32(30)20(24,25)26/h3-6,8-11,18,28-29H,7H2,1-2H3. The zero-order chi connectivity index (χ0) is 23.7. The van der Waals surface area contributed by atoms with Crippen molar-refractivity contribution in [2.24, 2.45) is 5.92 Å². The fourth-order valence-corrected chi connectivity index (χ4v) is 4.50. The van der Waals surface area contributed by atoms with E-state index in [1.807, 2.05) is 6.07 Å². The maximum atomic E-state index is 13.7. The highest BCUT2D eigenvalue weighted by atomic mass is 32.2. The molecule has 2 aromatic rings. The van der Waals surface area contributed by atoms with Crippen LogP contribution in [0.25, 0.3) is 5.70 Å². The number of halogens is 6. The van der Waals surface area contributed by atoms with Crippen LogP contribution in [0.3, 0.4) is 0 Å². The van der Waals surface area contributed by atoms with Gasteiger partial charge in [0.05, 0.1) is 11.3 Å². The van der Waals surface area contributed by atoms with Gasteiger partial charge in [-0.15, -0.1) is 24.9 Å². The van der Waals surface area contributed by atoms with Crippen LogP contribution in [0.4, 0.5) is 32.0 Å². The van der Waals surface area contributed by atoms with Crippen LogP contribution in [-0.4, -0.2) is 15.0 Å². The molecule has 32 heavy (non-hydrogen) atoms. The Morgan fingerprint density at radius 2 is 1.88 bits per heavy atom. The minimum Gasteiger partial charge on any atom is -0.586 e. The molecule has 174 valence electrons. The van der Waals surface area contributed by atoms with Crippen LogP contribution in [0.1, 0.15) is 41.6 Å². The van der Waals surface area contributed by atoms with Gasteiger partial charge in [-0.1, -0.05) is 19.9 Å². The molecule has 0 spiro atoms. The van der Waals surface area contributed by atoms with E-state index in [2.05, 4.69) is 24.1 Å². The highest BCUT2D eigenvalue weighted by Crippen LogP contribution is 2.42. The highest BCUT2D eigenvalue weighted by molar-refractivity contribution is 8.02. The predicted molar refractivity (Wildman–Crippen MR) is 113 cm³/mol. The van der Waals surface area contributed by atoms with Crippen molar-refractivity contribution in [2.45, 2.75) is 37.3 Å². The number of pyridine rings is 1. The first-order valence-corrected chi connectivity index (χ1v) is 11.5. The van der Waals surface area contributed by atoms with Crippen LogP contribution in [0.2, 0.25) is 0 Å². The number of thioether (sulfide) groups is 1. The normalized spacial score (nSPS) is 17.8. The number of hydrogen-bond donors (Lipinski definition) is 2. The van der Waals surface area contributed by atoms with E-state index < -0.39 is 34.3 Å². The lowest BCUT2D eigenvalue weighted by Crippen LogP contribution is -2.30. The van der Waals surface area contributed by atoms with Crippen molar-refractivity contribution in [1.29, 1.82) is 0 Å². The lowest BCUT2D eigenvalue weighted by Gasteiger charge is -2.19. The Kier molecular flexibility index (Phi) is 7.25. The first kappa shape index (κ1) is 24.6. The van der Waals surface area contributed by atoms with Gasteiger partial charge in [0.2, 0.25) is 0 Å². The van der Waals surface area contributed by atoms with Gasteiger partial charge in [-0.3, -0.25) is 4.98 Å². The molecule has 1 aromatic heterocycles. The van der Waals surface area contributed by atoms with Gasteiger partial charge in [0, 0.05) is 23.2 Å². The van der Waals surface area contributed by atoms with E-state index in [0.717, 1.165) is 29.8 Å². The summed E-state index contributed by atoms with van der Waals surface area (Å²) in [6.45, 7) is 4.11. The van der Waals surface area contributed by atoms with Crippen LogP contribution < -0.4 is 10.0 Å². The lowest BCUT2D eigenvalue weighted by atomic mass is 10.0. The quantitative estimate of drug-likeness (QED) is 0.368.